The molecule has 0 fully saturated rings. The number of benzene rings is 1. The number of carbonyl (C=O) groups excluding carboxylic acids is 2. The van der Waals surface area contributed by atoms with Crippen LogP contribution in [0.15, 0.2) is 24.3 Å². The first kappa shape index (κ1) is 15.1. The number of halogens is 1. The van der Waals surface area contributed by atoms with Gasteiger partial charge in [-0.25, -0.2) is 4.39 Å². The molecular formula is C14H19FN2O2. The Hall–Kier alpha value is -1.91. The number of amides is 2. The maximum Gasteiger partial charge on any atom is 0.239 e. The Labute approximate surface area is 112 Å². The molecule has 0 atom stereocenters. The molecule has 19 heavy (non-hydrogen) atoms. The van der Waals surface area contributed by atoms with Gasteiger partial charge in [0.25, 0.3) is 0 Å². The summed E-state index contributed by atoms with van der Waals surface area (Å²) in [6.45, 7) is 5.45. The Balaban J connectivity index is 2.41. The average molecular weight is 266 g/mol. The molecule has 1 rings (SSSR count). The van der Waals surface area contributed by atoms with Crippen molar-refractivity contribution >= 4 is 11.8 Å². The van der Waals surface area contributed by atoms with Crippen LogP contribution in [0.3, 0.4) is 0 Å². The van der Waals surface area contributed by atoms with Crippen LogP contribution in [0.2, 0.25) is 0 Å². The first-order valence-corrected chi connectivity index (χ1v) is 6.09. The average Bonchev–Trinajstić information content (AvgIpc) is 2.27. The number of nitrogens with one attached hydrogen (secondary N) is 2. The van der Waals surface area contributed by atoms with E-state index in [1.807, 2.05) is 20.8 Å². The van der Waals surface area contributed by atoms with Crippen LogP contribution in [0.5, 0.6) is 0 Å². The predicted octanol–water partition coefficient (Wildman–Crippen LogP) is 1.40. The molecule has 1 aromatic rings. The highest BCUT2D eigenvalue weighted by Crippen LogP contribution is 2.06. The fourth-order valence-electron chi connectivity index (χ4n) is 1.52. The van der Waals surface area contributed by atoms with E-state index in [1.165, 1.54) is 6.07 Å². The second-order valence-corrected chi connectivity index (χ2v) is 5.34. The van der Waals surface area contributed by atoms with E-state index in [1.54, 1.807) is 18.2 Å². The maximum atomic E-state index is 13.3. The van der Waals surface area contributed by atoms with E-state index in [0.717, 1.165) is 0 Å². The molecule has 5 heteroatoms. The Bertz CT molecular complexity index is 467. The normalized spacial score (nSPS) is 10.9. The van der Waals surface area contributed by atoms with Crippen LogP contribution in [-0.4, -0.2) is 23.9 Å². The molecule has 0 heterocycles. The quantitative estimate of drug-likeness (QED) is 0.865. The van der Waals surface area contributed by atoms with Gasteiger partial charge in [0.2, 0.25) is 11.8 Å². The molecule has 104 valence electrons. The highest BCUT2D eigenvalue weighted by molar-refractivity contribution is 5.85. The van der Waals surface area contributed by atoms with E-state index < -0.39 is 5.82 Å². The highest BCUT2D eigenvalue weighted by atomic mass is 19.1. The lowest BCUT2D eigenvalue weighted by molar-refractivity contribution is -0.126. The highest BCUT2D eigenvalue weighted by Gasteiger charge is 2.14. The molecule has 0 saturated heterocycles. The predicted molar refractivity (Wildman–Crippen MR) is 71.0 cm³/mol. The Kier molecular flexibility index (Phi) is 5.03. The fraction of sp³-hybridized carbons (Fsp3) is 0.429. The van der Waals surface area contributed by atoms with Crippen LogP contribution >= 0.6 is 0 Å². The van der Waals surface area contributed by atoms with Gasteiger partial charge in [0.1, 0.15) is 5.82 Å². The molecule has 0 radical (unpaired) electrons. The van der Waals surface area contributed by atoms with E-state index in [4.69, 9.17) is 0 Å². The molecule has 2 amide bonds. The summed E-state index contributed by atoms with van der Waals surface area (Å²) in [5, 5.41) is 5.19. The Morgan fingerprint density at radius 2 is 1.79 bits per heavy atom. The third kappa shape index (κ3) is 5.99. The molecule has 0 aliphatic rings. The van der Waals surface area contributed by atoms with Crippen LogP contribution in [0.1, 0.15) is 26.3 Å². The van der Waals surface area contributed by atoms with Crippen molar-refractivity contribution in [3.8, 4) is 0 Å². The molecular weight excluding hydrogens is 247 g/mol. The summed E-state index contributed by atoms with van der Waals surface area (Å²) in [6, 6.07) is 6.07. The summed E-state index contributed by atoms with van der Waals surface area (Å²) in [5.74, 6) is -1.07. The number of hydrogen-bond acceptors (Lipinski definition) is 2. The van der Waals surface area contributed by atoms with Crippen LogP contribution in [0.25, 0.3) is 0 Å². The summed E-state index contributed by atoms with van der Waals surface area (Å²) < 4.78 is 13.3. The third-order valence-corrected chi connectivity index (χ3v) is 2.27. The lowest BCUT2D eigenvalue weighted by Gasteiger charge is -2.20. The van der Waals surface area contributed by atoms with Gasteiger partial charge in [0.05, 0.1) is 13.0 Å². The van der Waals surface area contributed by atoms with Crippen LogP contribution in [0.4, 0.5) is 4.39 Å². The topological polar surface area (TPSA) is 58.2 Å². The van der Waals surface area contributed by atoms with E-state index in [0.29, 0.717) is 5.56 Å². The molecule has 2 N–H and O–H groups in total. The first-order valence-electron chi connectivity index (χ1n) is 6.09. The molecule has 4 nitrogen and oxygen atoms in total. The van der Waals surface area contributed by atoms with Crippen molar-refractivity contribution < 1.29 is 14.0 Å². The minimum absolute atomic E-state index is 0.0739. The lowest BCUT2D eigenvalue weighted by Crippen LogP contribution is -2.46. The van der Waals surface area contributed by atoms with E-state index in [2.05, 4.69) is 10.6 Å². The molecule has 0 aliphatic heterocycles. The van der Waals surface area contributed by atoms with Gasteiger partial charge in [-0.15, -0.1) is 0 Å². The van der Waals surface area contributed by atoms with E-state index in [-0.39, 0.29) is 30.3 Å². The zero-order chi connectivity index (χ0) is 14.5. The molecule has 0 aromatic heterocycles. The van der Waals surface area contributed by atoms with Crippen molar-refractivity contribution in [1.29, 1.82) is 0 Å². The Morgan fingerprint density at radius 3 is 2.37 bits per heavy atom. The van der Waals surface area contributed by atoms with Gasteiger partial charge in [-0.3, -0.25) is 9.59 Å². The monoisotopic (exact) mass is 266 g/mol. The van der Waals surface area contributed by atoms with Gasteiger partial charge in [-0.05, 0) is 32.4 Å². The summed E-state index contributed by atoms with van der Waals surface area (Å²) in [4.78, 5) is 23.1. The van der Waals surface area contributed by atoms with Crippen molar-refractivity contribution in [3.05, 3.63) is 35.6 Å². The fourth-order valence-corrected chi connectivity index (χ4v) is 1.52. The van der Waals surface area contributed by atoms with Crippen molar-refractivity contribution in [2.75, 3.05) is 6.54 Å². The molecule has 0 saturated carbocycles. The smallest absolute Gasteiger partial charge is 0.239 e. The summed E-state index contributed by atoms with van der Waals surface area (Å²) in [6.07, 6.45) is -0.0739. The molecule has 1 aromatic carbocycles. The van der Waals surface area contributed by atoms with Gasteiger partial charge < -0.3 is 10.6 Å². The second-order valence-electron chi connectivity index (χ2n) is 5.34. The van der Waals surface area contributed by atoms with Crippen molar-refractivity contribution in [1.82, 2.24) is 10.6 Å². The van der Waals surface area contributed by atoms with E-state index in [9.17, 15) is 14.0 Å². The van der Waals surface area contributed by atoms with Gasteiger partial charge in [-0.1, -0.05) is 18.2 Å². The molecule has 0 unspecified atom stereocenters. The number of hydrogen-bond donors (Lipinski definition) is 2. The van der Waals surface area contributed by atoms with E-state index >= 15 is 0 Å². The maximum absolute atomic E-state index is 13.3. The van der Waals surface area contributed by atoms with Crippen molar-refractivity contribution in [2.24, 2.45) is 0 Å². The summed E-state index contributed by atoms with van der Waals surface area (Å²) in [5.41, 5.74) is -0.0240. The minimum atomic E-state index is -0.420. The van der Waals surface area contributed by atoms with Gasteiger partial charge in [0, 0.05) is 5.54 Å². The third-order valence-electron chi connectivity index (χ3n) is 2.27. The van der Waals surface area contributed by atoms with Crippen molar-refractivity contribution in [3.63, 3.8) is 0 Å². The summed E-state index contributed by atoms with van der Waals surface area (Å²) >= 11 is 0. The zero-order valence-corrected chi connectivity index (χ0v) is 11.4. The second kappa shape index (κ2) is 6.31. The zero-order valence-electron chi connectivity index (χ0n) is 11.4. The SMILES string of the molecule is CC(C)(C)NC(=O)CNC(=O)Cc1ccccc1F. The van der Waals surface area contributed by atoms with Gasteiger partial charge in [-0.2, -0.15) is 0 Å². The minimum Gasteiger partial charge on any atom is -0.350 e. The van der Waals surface area contributed by atoms with Gasteiger partial charge >= 0.3 is 0 Å². The largest absolute Gasteiger partial charge is 0.350 e. The molecule has 0 aliphatic carbocycles. The van der Waals surface area contributed by atoms with Crippen molar-refractivity contribution in [2.45, 2.75) is 32.7 Å². The lowest BCUT2D eigenvalue weighted by atomic mass is 10.1. The number of carbonyl (C=O) groups is 2. The molecule has 0 spiro atoms. The molecule has 0 bridgehead atoms. The standard InChI is InChI=1S/C14H19FN2O2/c1-14(2,3)17-13(19)9-16-12(18)8-10-6-4-5-7-11(10)15/h4-7H,8-9H2,1-3H3,(H,16,18)(H,17,19). The summed E-state index contributed by atoms with van der Waals surface area (Å²) in [7, 11) is 0. The van der Waals surface area contributed by atoms with Crippen LogP contribution in [0, 0.1) is 5.82 Å². The van der Waals surface area contributed by atoms with Crippen LogP contribution < -0.4 is 10.6 Å². The number of rotatable bonds is 4. The van der Waals surface area contributed by atoms with Crippen LogP contribution in [-0.2, 0) is 16.0 Å². The first-order chi connectivity index (χ1) is 8.78. The van der Waals surface area contributed by atoms with Gasteiger partial charge in [0.15, 0.2) is 0 Å². The Morgan fingerprint density at radius 1 is 1.16 bits per heavy atom.